The highest BCUT2D eigenvalue weighted by atomic mass is 127. The summed E-state index contributed by atoms with van der Waals surface area (Å²) in [6.45, 7) is 3.29. The Hall–Kier alpha value is -1.31. The summed E-state index contributed by atoms with van der Waals surface area (Å²) in [4.78, 5) is 18.3. The Kier molecular flexibility index (Phi) is 8.88. The summed E-state index contributed by atoms with van der Waals surface area (Å²) in [5.41, 5.74) is 6.66. The Morgan fingerprint density at radius 1 is 1.18 bits per heavy atom. The first-order valence-corrected chi connectivity index (χ1v) is 7.65. The Morgan fingerprint density at radius 3 is 2.55 bits per heavy atom. The number of hydrogen-bond acceptors (Lipinski definition) is 2. The average Bonchev–Trinajstić information content (AvgIpc) is 2.55. The van der Waals surface area contributed by atoms with E-state index in [1.54, 1.807) is 0 Å². The molecule has 1 fully saturated rings. The number of nitrogens with two attached hydrogens (primary N) is 1. The van der Waals surface area contributed by atoms with Crippen molar-refractivity contribution in [2.24, 2.45) is 10.7 Å². The molecule has 0 saturated carbocycles. The molecule has 5 nitrogen and oxygen atoms in total. The lowest BCUT2D eigenvalue weighted by molar-refractivity contribution is 0.0953. The van der Waals surface area contributed by atoms with E-state index in [2.05, 4.69) is 15.2 Å². The largest absolute Gasteiger partial charge is 0.370 e. The summed E-state index contributed by atoms with van der Waals surface area (Å²) >= 11 is 0. The minimum Gasteiger partial charge on any atom is -0.370 e. The SMILES string of the molecule is I.NC(=NCCCNC(=O)c1ccccc1)N1CCCCC1. The number of amides is 1. The third kappa shape index (κ3) is 6.21. The molecule has 1 aromatic rings. The quantitative estimate of drug-likeness (QED) is 0.335. The molecule has 0 bridgehead atoms. The van der Waals surface area contributed by atoms with Gasteiger partial charge in [-0.3, -0.25) is 9.79 Å². The Balaban J connectivity index is 0.00000242. The summed E-state index contributed by atoms with van der Waals surface area (Å²) in [6.07, 6.45) is 4.48. The fourth-order valence-corrected chi connectivity index (χ4v) is 2.39. The van der Waals surface area contributed by atoms with E-state index in [1.165, 1.54) is 19.3 Å². The number of halogens is 1. The van der Waals surface area contributed by atoms with Gasteiger partial charge in [-0.25, -0.2) is 0 Å². The number of aliphatic imine (C=N–C) groups is 1. The first-order chi connectivity index (χ1) is 10.3. The highest BCUT2D eigenvalue weighted by molar-refractivity contribution is 14.0. The van der Waals surface area contributed by atoms with Crippen molar-refractivity contribution in [2.75, 3.05) is 26.2 Å². The Bertz CT molecular complexity index is 472. The zero-order valence-corrected chi connectivity index (χ0v) is 15.2. The van der Waals surface area contributed by atoms with Crippen LogP contribution in [0.1, 0.15) is 36.0 Å². The van der Waals surface area contributed by atoms with Crippen LogP contribution >= 0.6 is 24.0 Å². The van der Waals surface area contributed by atoms with Crippen molar-refractivity contribution < 1.29 is 4.79 Å². The number of carbonyl (C=O) groups is 1. The lowest BCUT2D eigenvalue weighted by Gasteiger charge is -2.27. The maximum atomic E-state index is 11.8. The molecular weight excluding hydrogens is 391 g/mol. The van der Waals surface area contributed by atoms with E-state index in [4.69, 9.17) is 5.73 Å². The van der Waals surface area contributed by atoms with Crippen molar-refractivity contribution in [1.29, 1.82) is 0 Å². The topological polar surface area (TPSA) is 70.7 Å². The first-order valence-electron chi connectivity index (χ1n) is 7.65. The number of nitrogens with zero attached hydrogens (tertiary/aromatic N) is 2. The van der Waals surface area contributed by atoms with Crippen LogP contribution in [0.25, 0.3) is 0 Å². The van der Waals surface area contributed by atoms with Gasteiger partial charge in [0, 0.05) is 31.7 Å². The van der Waals surface area contributed by atoms with Crippen molar-refractivity contribution in [3.05, 3.63) is 35.9 Å². The van der Waals surface area contributed by atoms with Gasteiger partial charge in [0.05, 0.1) is 0 Å². The van der Waals surface area contributed by atoms with Crippen molar-refractivity contribution in [1.82, 2.24) is 10.2 Å². The third-order valence-electron chi connectivity index (χ3n) is 3.61. The van der Waals surface area contributed by atoms with E-state index in [1.807, 2.05) is 30.3 Å². The van der Waals surface area contributed by atoms with Crippen LogP contribution in [-0.2, 0) is 0 Å². The normalized spacial score (nSPS) is 15.1. The lowest BCUT2D eigenvalue weighted by atomic mass is 10.1. The second-order valence-corrected chi connectivity index (χ2v) is 5.26. The van der Waals surface area contributed by atoms with Crippen LogP contribution in [0.15, 0.2) is 35.3 Å². The van der Waals surface area contributed by atoms with Gasteiger partial charge in [-0.05, 0) is 37.8 Å². The zero-order valence-electron chi connectivity index (χ0n) is 12.8. The van der Waals surface area contributed by atoms with E-state index < -0.39 is 0 Å². The molecule has 0 radical (unpaired) electrons. The molecule has 1 aromatic carbocycles. The predicted molar refractivity (Wildman–Crippen MR) is 101 cm³/mol. The molecule has 0 aromatic heterocycles. The molecule has 6 heteroatoms. The van der Waals surface area contributed by atoms with E-state index in [9.17, 15) is 4.79 Å². The minimum atomic E-state index is -0.0383. The van der Waals surface area contributed by atoms with E-state index >= 15 is 0 Å². The Morgan fingerprint density at radius 2 is 1.86 bits per heavy atom. The Labute approximate surface area is 149 Å². The third-order valence-corrected chi connectivity index (χ3v) is 3.61. The second-order valence-electron chi connectivity index (χ2n) is 5.26. The summed E-state index contributed by atoms with van der Waals surface area (Å²) in [7, 11) is 0. The molecule has 0 aliphatic carbocycles. The lowest BCUT2D eigenvalue weighted by Crippen LogP contribution is -2.41. The maximum absolute atomic E-state index is 11.8. The molecule has 1 aliphatic heterocycles. The summed E-state index contributed by atoms with van der Waals surface area (Å²) in [5.74, 6) is 0.604. The highest BCUT2D eigenvalue weighted by Gasteiger charge is 2.11. The van der Waals surface area contributed by atoms with Crippen LogP contribution in [0.5, 0.6) is 0 Å². The minimum absolute atomic E-state index is 0. The van der Waals surface area contributed by atoms with Gasteiger partial charge in [-0.15, -0.1) is 24.0 Å². The van der Waals surface area contributed by atoms with Crippen LogP contribution in [0.4, 0.5) is 0 Å². The van der Waals surface area contributed by atoms with Crippen LogP contribution < -0.4 is 11.1 Å². The molecule has 1 heterocycles. The van der Waals surface area contributed by atoms with Crippen LogP contribution in [0.2, 0.25) is 0 Å². The van der Waals surface area contributed by atoms with Crippen LogP contribution in [-0.4, -0.2) is 42.9 Å². The fourth-order valence-electron chi connectivity index (χ4n) is 2.39. The number of piperidine rings is 1. The smallest absolute Gasteiger partial charge is 0.251 e. The van der Waals surface area contributed by atoms with Crippen molar-refractivity contribution in [3.63, 3.8) is 0 Å². The van der Waals surface area contributed by atoms with Gasteiger partial charge in [-0.2, -0.15) is 0 Å². The number of guanidine groups is 1. The van der Waals surface area contributed by atoms with Crippen LogP contribution in [0.3, 0.4) is 0 Å². The molecule has 0 spiro atoms. The van der Waals surface area contributed by atoms with Gasteiger partial charge in [0.15, 0.2) is 5.96 Å². The summed E-state index contributed by atoms with van der Waals surface area (Å²) in [5, 5.41) is 2.89. The molecule has 1 amide bonds. The molecule has 2 rings (SSSR count). The van der Waals surface area contributed by atoms with Crippen molar-refractivity contribution >= 4 is 35.8 Å². The first kappa shape index (κ1) is 18.7. The number of nitrogens with one attached hydrogen (secondary N) is 1. The molecule has 1 aliphatic rings. The standard InChI is InChI=1S/C16H24N4O.HI/c17-16(20-12-5-2-6-13-20)19-11-7-10-18-15(21)14-8-3-1-4-9-14;/h1,3-4,8-9H,2,5-7,10-13H2,(H2,17,19)(H,18,21);1H. The molecule has 0 unspecified atom stereocenters. The number of carbonyl (C=O) groups excluding carboxylic acids is 1. The monoisotopic (exact) mass is 416 g/mol. The van der Waals surface area contributed by atoms with E-state index in [0.29, 0.717) is 24.6 Å². The average molecular weight is 416 g/mol. The number of rotatable bonds is 5. The van der Waals surface area contributed by atoms with Gasteiger partial charge in [0.1, 0.15) is 0 Å². The molecule has 122 valence electrons. The molecule has 3 N–H and O–H groups in total. The molecule has 22 heavy (non-hydrogen) atoms. The zero-order chi connectivity index (χ0) is 14.9. The fraction of sp³-hybridized carbons (Fsp3) is 0.500. The van der Waals surface area contributed by atoms with Gasteiger partial charge in [-0.1, -0.05) is 18.2 Å². The van der Waals surface area contributed by atoms with Gasteiger partial charge in [0.2, 0.25) is 0 Å². The second kappa shape index (κ2) is 10.4. The van der Waals surface area contributed by atoms with Gasteiger partial charge < -0.3 is 16.0 Å². The highest BCUT2D eigenvalue weighted by Crippen LogP contribution is 2.07. The number of benzene rings is 1. The van der Waals surface area contributed by atoms with Gasteiger partial charge in [0.25, 0.3) is 5.91 Å². The van der Waals surface area contributed by atoms with E-state index in [-0.39, 0.29) is 29.9 Å². The summed E-state index contributed by atoms with van der Waals surface area (Å²) < 4.78 is 0. The molecular formula is C16H25IN4O. The van der Waals surface area contributed by atoms with Crippen LogP contribution in [0, 0.1) is 0 Å². The predicted octanol–water partition coefficient (Wildman–Crippen LogP) is 2.23. The van der Waals surface area contributed by atoms with Crippen molar-refractivity contribution in [2.45, 2.75) is 25.7 Å². The number of hydrogen-bond donors (Lipinski definition) is 2. The summed E-state index contributed by atoms with van der Waals surface area (Å²) in [6, 6.07) is 9.23. The van der Waals surface area contributed by atoms with E-state index in [0.717, 1.165) is 19.5 Å². The number of likely N-dealkylation sites (tertiary alicyclic amines) is 1. The molecule has 0 atom stereocenters. The van der Waals surface area contributed by atoms with Gasteiger partial charge >= 0.3 is 0 Å². The maximum Gasteiger partial charge on any atom is 0.251 e. The van der Waals surface area contributed by atoms with Crippen molar-refractivity contribution in [3.8, 4) is 0 Å². The molecule has 1 saturated heterocycles.